The predicted octanol–water partition coefficient (Wildman–Crippen LogP) is 2.43. The average molecular weight is 280 g/mol. The Balaban J connectivity index is 2.01. The summed E-state index contributed by atoms with van der Waals surface area (Å²) in [5.41, 5.74) is 6.65. The monoisotopic (exact) mass is 279 g/mol. The molecule has 0 aliphatic heterocycles. The molecule has 2 rings (SSSR count). The summed E-state index contributed by atoms with van der Waals surface area (Å²) in [6.45, 7) is 3.85. The minimum Gasteiger partial charge on any atom is -0.490 e. The molecule has 2 N–H and O–H groups in total. The van der Waals surface area contributed by atoms with Crippen LogP contribution in [0.2, 0.25) is 5.02 Å². The van der Waals surface area contributed by atoms with E-state index in [-0.39, 0.29) is 0 Å². The maximum atomic E-state index is 6.17. The summed E-state index contributed by atoms with van der Waals surface area (Å²) in [4.78, 5) is 4.17. The highest BCUT2D eigenvalue weighted by molar-refractivity contribution is 6.32. The van der Waals surface area contributed by atoms with Crippen LogP contribution >= 0.6 is 11.6 Å². The van der Waals surface area contributed by atoms with Crippen LogP contribution in [0, 0.1) is 6.92 Å². The number of nitrogens with zero attached hydrogens (tertiary/aromatic N) is 2. The van der Waals surface area contributed by atoms with Gasteiger partial charge in [-0.2, -0.15) is 0 Å². The summed E-state index contributed by atoms with van der Waals surface area (Å²) < 4.78 is 7.85. The summed E-state index contributed by atoms with van der Waals surface area (Å²) >= 11 is 6.17. The summed E-state index contributed by atoms with van der Waals surface area (Å²) in [6.07, 6.45) is 4.48. The molecule has 2 aromatic rings. The minimum atomic E-state index is 0.554. The van der Waals surface area contributed by atoms with E-state index >= 15 is 0 Å². The Morgan fingerprint density at radius 1 is 1.42 bits per heavy atom. The number of nitrogens with two attached hydrogens (primary N) is 1. The first-order chi connectivity index (χ1) is 9.22. The zero-order chi connectivity index (χ0) is 13.7. The molecular formula is C14H18ClN3O. The van der Waals surface area contributed by atoms with Gasteiger partial charge in [0.15, 0.2) is 0 Å². The Morgan fingerprint density at radius 2 is 2.26 bits per heavy atom. The van der Waals surface area contributed by atoms with Crippen molar-refractivity contribution in [1.29, 1.82) is 0 Å². The maximum absolute atomic E-state index is 6.17. The normalized spacial score (nSPS) is 10.7. The molecule has 0 bridgehead atoms. The van der Waals surface area contributed by atoms with Crippen molar-refractivity contribution >= 4 is 11.6 Å². The lowest BCUT2D eigenvalue weighted by atomic mass is 10.1. The SMILES string of the molecule is Cc1nccn1CCOc1c(Cl)cccc1CCN. The van der Waals surface area contributed by atoms with Crippen LogP contribution in [0.15, 0.2) is 30.6 Å². The van der Waals surface area contributed by atoms with E-state index in [9.17, 15) is 0 Å². The Kier molecular flexibility index (Phi) is 4.82. The number of aromatic nitrogens is 2. The van der Waals surface area contributed by atoms with Crippen LogP contribution in [0.25, 0.3) is 0 Å². The lowest BCUT2D eigenvalue weighted by molar-refractivity contribution is 0.294. The molecule has 0 spiro atoms. The first kappa shape index (κ1) is 13.9. The quantitative estimate of drug-likeness (QED) is 0.883. The zero-order valence-electron chi connectivity index (χ0n) is 11.0. The average Bonchev–Trinajstić information content (AvgIpc) is 2.79. The van der Waals surface area contributed by atoms with Gasteiger partial charge in [0.1, 0.15) is 18.2 Å². The van der Waals surface area contributed by atoms with Gasteiger partial charge in [-0.05, 0) is 31.5 Å². The van der Waals surface area contributed by atoms with E-state index in [0.29, 0.717) is 18.2 Å². The fourth-order valence-electron chi connectivity index (χ4n) is 1.95. The van der Waals surface area contributed by atoms with Crippen LogP contribution in [-0.4, -0.2) is 22.7 Å². The lowest BCUT2D eigenvalue weighted by Gasteiger charge is -2.13. The summed E-state index contributed by atoms with van der Waals surface area (Å²) in [6, 6.07) is 5.75. The molecule has 1 aromatic carbocycles. The first-order valence-corrected chi connectivity index (χ1v) is 6.68. The van der Waals surface area contributed by atoms with Crippen LogP contribution in [-0.2, 0) is 13.0 Å². The van der Waals surface area contributed by atoms with E-state index in [4.69, 9.17) is 22.1 Å². The molecule has 0 aliphatic rings. The zero-order valence-corrected chi connectivity index (χ0v) is 11.7. The standard InChI is InChI=1S/C14H18ClN3O/c1-11-17-7-8-18(11)9-10-19-14-12(5-6-16)3-2-4-13(14)15/h2-4,7-8H,5-6,9-10,16H2,1H3. The third-order valence-electron chi connectivity index (χ3n) is 2.96. The van der Waals surface area contributed by atoms with Crippen LogP contribution in [0.1, 0.15) is 11.4 Å². The van der Waals surface area contributed by atoms with Crippen molar-refractivity contribution in [3.63, 3.8) is 0 Å². The van der Waals surface area contributed by atoms with E-state index in [0.717, 1.165) is 30.1 Å². The molecule has 0 saturated heterocycles. The smallest absolute Gasteiger partial charge is 0.141 e. The van der Waals surface area contributed by atoms with Crippen LogP contribution in [0.5, 0.6) is 5.75 Å². The molecule has 0 aliphatic carbocycles. The van der Waals surface area contributed by atoms with Gasteiger partial charge in [-0.15, -0.1) is 0 Å². The lowest BCUT2D eigenvalue weighted by Crippen LogP contribution is -2.11. The molecule has 0 saturated carbocycles. The van der Waals surface area contributed by atoms with Crippen LogP contribution < -0.4 is 10.5 Å². The van der Waals surface area contributed by atoms with Crippen molar-refractivity contribution < 1.29 is 4.74 Å². The van der Waals surface area contributed by atoms with Gasteiger partial charge in [-0.25, -0.2) is 4.98 Å². The maximum Gasteiger partial charge on any atom is 0.141 e. The topological polar surface area (TPSA) is 53.1 Å². The van der Waals surface area contributed by atoms with Crippen molar-refractivity contribution in [1.82, 2.24) is 9.55 Å². The van der Waals surface area contributed by atoms with E-state index in [1.165, 1.54) is 0 Å². The third-order valence-corrected chi connectivity index (χ3v) is 3.26. The van der Waals surface area contributed by atoms with Gasteiger partial charge in [0.05, 0.1) is 11.6 Å². The number of hydrogen-bond donors (Lipinski definition) is 1. The number of para-hydroxylation sites is 1. The van der Waals surface area contributed by atoms with Gasteiger partial charge in [-0.1, -0.05) is 23.7 Å². The van der Waals surface area contributed by atoms with Gasteiger partial charge in [-0.3, -0.25) is 0 Å². The number of aryl methyl sites for hydroxylation is 1. The van der Waals surface area contributed by atoms with E-state index in [1.54, 1.807) is 6.20 Å². The van der Waals surface area contributed by atoms with Gasteiger partial charge in [0.25, 0.3) is 0 Å². The number of hydrogen-bond acceptors (Lipinski definition) is 3. The third kappa shape index (κ3) is 3.49. The van der Waals surface area contributed by atoms with Crippen molar-refractivity contribution in [3.05, 3.63) is 47.0 Å². The fraction of sp³-hybridized carbons (Fsp3) is 0.357. The summed E-state index contributed by atoms with van der Waals surface area (Å²) in [5, 5.41) is 0.633. The molecule has 0 unspecified atom stereocenters. The second kappa shape index (κ2) is 6.59. The van der Waals surface area contributed by atoms with Gasteiger partial charge in [0.2, 0.25) is 0 Å². The van der Waals surface area contributed by atoms with Crippen LogP contribution in [0.3, 0.4) is 0 Å². The largest absolute Gasteiger partial charge is 0.490 e. The molecule has 1 heterocycles. The van der Waals surface area contributed by atoms with E-state index in [2.05, 4.69) is 4.98 Å². The van der Waals surface area contributed by atoms with Gasteiger partial charge < -0.3 is 15.0 Å². The number of ether oxygens (including phenoxy) is 1. The molecule has 19 heavy (non-hydrogen) atoms. The molecular weight excluding hydrogens is 262 g/mol. The summed E-state index contributed by atoms with van der Waals surface area (Å²) in [5.74, 6) is 1.72. The van der Waals surface area contributed by atoms with E-state index < -0.39 is 0 Å². The fourth-order valence-corrected chi connectivity index (χ4v) is 2.20. The van der Waals surface area contributed by atoms with Crippen LogP contribution in [0.4, 0.5) is 0 Å². The second-order valence-corrected chi connectivity index (χ2v) is 4.69. The summed E-state index contributed by atoms with van der Waals surface area (Å²) in [7, 11) is 0. The number of rotatable bonds is 6. The van der Waals surface area contributed by atoms with Crippen molar-refractivity contribution in [2.75, 3.05) is 13.2 Å². The molecule has 0 radical (unpaired) electrons. The van der Waals surface area contributed by atoms with Crippen molar-refractivity contribution in [2.45, 2.75) is 19.9 Å². The number of benzene rings is 1. The molecule has 0 fully saturated rings. The highest BCUT2D eigenvalue weighted by atomic mass is 35.5. The second-order valence-electron chi connectivity index (χ2n) is 4.28. The first-order valence-electron chi connectivity index (χ1n) is 6.30. The number of halogens is 1. The molecule has 5 heteroatoms. The highest BCUT2D eigenvalue weighted by Gasteiger charge is 2.08. The molecule has 0 atom stereocenters. The Labute approximate surface area is 118 Å². The minimum absolute atomic E-state index is 0.554. The Morgan fingerprint density at radius 3 is 2.95 bits per heavy atom. The Hall–Kier alpha value is -1.52. The number of imidazole rings is 1. The molecule has 102 valence electrons. The molecule has 0 amide bonds. The predicted molar refractivity (Wildman–Crippen MR) is 76.7 cm³/mol. The van der Waals surface area contributed by atoms with Crippen molar-refractivity contribution in [2.24, 2.45) is 5.73 Å². The van der Waals surface area contributed by atoms with E-state index in [1.807, 2.05) is 35.9 Å². The molecule has 4 nitrogen and oxygen atoms in total. The Bertz CT molecular complexity index is 539. The molecule has 1 aromatic heterocycles. The van der Waals surface area contributed by atoms with Gasteiger partial charge >= 0.3 is 0 Å². The van der Waals surface area contributed by atoms with Gasteiger partial charge in [0, 0.05) is 12.4 Å². The van der Waals surface area contributed by atoms with Crippen molar-refractivity contribution in [3.8, 4) is 5.75 Å². The highest BCUT2D eigenvalue weighted by Crippen LogP contribution is 2.28.